The molecule has 152 valence electrons. The molecule has 0 saturated heterocycles. The third-order valence-electron chi connectivity index (χ3n) is 4.90. The van der Waals surface area contributed by atoms with Crippen LogP contribution in [0.2, 0.25) is 0 Å². The van der Waals surface area contributed by atoms with E-state index in [0.717, 1.165) is 24.0 Å². The number of hydrogen-bond acceptors (Lipinski definition) is 6. The lowest BCUT2D eigenvalue weighted by atomic mass is 9.81. The van der Waals surface area contributed by atoms with Gasteiger partial charge in [0.25, 0.3) is 0 Å². The van der Waals surface area contributed by atoms with Crippen molar-refractivity contribution in [2.75, 3.05) is 0 Å². The molecular formula is C19H19F3O6. The van der Waals surface area contributed by atoms with Crippen LogP contribution in [-0.4, -0.2) is 46.1 Å². The molecule has 1 aromatic carbocycles. The van der Waals surface area contributed by atoms with E-state index < -0.39 is 41.8 Å². The Labute approximate surface area is 158 Å². The third-order valence-corrected chi connectivity index (χ3v) is 4.90. The summed E-state index contributed by atoms with van der Waals surface area (Å²) in [5.74, 6) is -2.35. The van der Waals surface area contributed by atoms with Gasteiger partial charge in [-0.05, 0) is 24.6 Å². The summed E-state index contributed by atoms with van der Waals surface area (Å²) in [6.45, 7) is 1.32. The summed E-state index contributed by atoms with van der Waals surface area (Å²) in [5, 5.41) is 21.0. The van der Waals surface area contributed by atoms with Crippen LogP contribution >= 0.6 is 0 Å². The Bertz CT molecular complexity index is 778. The van der Waals surface area contributed by atoms with Gasteiger partial charge in [-0.15, -0.1) is 13.2 Å². The molecule has 0 radical (unpaired) electrons. The maximum Gasteiger partial charge on any atom is 0.525 e. The number of aliphatic hydroxyl groups excluding tert-OH is 1. The number of ether oxygens (including phenoxy) is 3. The molecule has 28 heavy (non-hydrogen) atoms. The number of alkyl halides is 3. The third kappa shape index (κ3) is 4.06. The van der Waals surface area contributed by atoms with Crippen LogP contribution in [0.15, 0.2) is 48.7 Å². The fourth-order valence-electron chi connectivity index (χ4n) is 3.72. The first-order chi connectivity index (χ1) is 13.0. The van der Waals surface area contributed by atoms with Crippen molar-refractivity contribution in [1.29, 1.82) is 0 Å². The SMILES string of the molecule is C[C@]1(OC(=O)/C=C/c2ccccc2)C[C@@H](O)[C@]2(O)C=CO[C@@H](OC(F)(F)F)C12. The van der Waals surface area contributed by atoms with Gasteiger partial charge in [-0.3, -0.25) is 4.74 Å². The summed E-state index contributed by atoms with van der Waals surface area (Å²) in [6.07, 6.45) is -4.37. The molecule has 1 heterocycles. The Hall–Kier alpha value is -2.36. The van der Waals surface area contributed by atoms with E-state index in [1.165, 1.54) is 13.0 Å². The number of benzene rings is 1. The van der Waals surface area contributed by atoms with Gasteiger partial charge >= 0.3 is 12.3 Å². The largest absolute Gasteiger partial charge is 0.525 e. The molecule has 0 bridgehead atoms. The van der Waals surface area contributed by atoms with Crippen molar-refractivity contribution in [3.05, 3.63) is 54.3 Å². The minimum absolute atomic E-state index is 0.301. The molecule has 1 aliphatic carbocycles. The van der Waals surface area contributed by atoms with Crippen LogP contribution in [0.3, 0.4) is 0 Å². The average molecular weight is 400 g/mol. The molecule has 1 unspecified atom stereocenters. The number of carbonyl (C=O) groups excluding carboxylic acids is 1. The zero-order valence-electron chi connectivity index (χ0n) is 14.8. The van der Waals surface area contributed by atoms with Crippen molar-refractivity contribution < 1.29 is 42.4 Å². The van der Waals surface area contributed by atoms with Crippen LogP contribution in [0.5, 0.6) is 0 Å². The predicted molar refractivity (Wildman–Crippen MR) is 90.2 cm³/mol. The van der Waals surface area contributed by atoms with Crippen LogP contribution in [0.4, 0.5) is 13.2 Å². The average Bonchev–Trinajstić information content (AvgIpc) is 2.79. The van der Waals surface area contributed by atoms with E-state index in [1.807, 2.05) is 0 Å². The monoisotopic (exact) mass is 400 g/mol. The van der Waals surface area contributed by atoms with Gasteiger partial charge in [0, 0.05) is 12.5 Å². The molecular weight excluding hydrogens is 381 g/mol. The van der Waals surface area contributed by atoms with E-state index >= 15 is 0 Å². The van der Waals surface area contributed by atoms with Gasteiger partial charge < -0.3 is 19.7 Å². The van der Waals surface area contributed by atoms with Gasteiger partial charge in [0.1, 0.15) is 11.2 Å². The highest BCUT2D eigenvalue weighted by Gasteiger charge is 2.66. The number of halogens is 3. The highest BCUT2D eigenvalue weighted by Crippen LogP contribution is 2.51. The molecule has 2 aliphatic rings. The molecule has 6 nitrogen and oxygen atoms in total. The second-order valence-corrected chi connectivity index (χ2v) is 6.93. The predicted octanol–water partition coefficient (Wildman–Crippen LogP) is 2.52. The second kappa shape index (κ2) is 7.23. The Kier molecular flexibility index (Phi) is 5.26. The first-order valence-corrected chi connectivity index (χ1v) is 8.48. The van der Waals surface area contributed by atoms with Crippen LogP contribution in [0, 0.1) is 5.92 Å². The number of hydrogen-bond donors (Lipinski definition) is 2. The number of aliphatic hydroxyl groups is 2. The quantitative estimate of drug-likeness (QED) is 0.597. The van der Waals surface area contributed by atoms with Gasteiger partial charge in [0.05, 0.1) is 18.3 Å². The smallest absolute Gasteiger partial charge is 0.472 e. The van der Waals surface area contributed by atoms with Crippen molar-refractivity contribution >= 4 is 12.0 Å². The van der Waals surface area contributed by atoms with Gasteiger partial charge in [-0.2, -0.15) is 0 Å². The normalized spacial score (nSPS) is 34.9. The molecule has 1 aromatic rings. The summed E-state index contributed by atoms with van der Waals surface area (Å²) >= 11 is 0. The molecule has 1 fully saturated rings. The van der Waals surface area contributed by atoms with Crippen molar-refractivity contribution in [1.82, 2.24) is 0 Å². The summed E-state index contributed by atoms with van der Waals surface area (Å²) in [4.78, 5) is 12.3. The number of esters is 1. The Morgan fingerprint density at radius 1 is 1.32 bits per heavy atom. The number of rotatable bonds is 4. The van der Waals surface area contributed by atoms with Gasteiger partial charge in [0.15, 0.2) is 0 Å². The minimum Gasteiger partial charge on any atom is -0.472 e. The van der Waals surface area contributed by atoms with E-state index in [9.17, 15) is 28.2 Å². The lowest BCUT2D eigenvalue weighted by Gasteiger charge is -2.42. The first-order valence-electron chi connectivity index (χ1n) is 8.48. The van der Waals surface area contributed by atoms with Crippen molar-refractivity contribution in [2.45, 2.75) is 43.3 Å². The van der Waals surface area contributed by atoms with E-state index in [0.29, 0.717) is 0 Å². The van der Waals surface area contributed by atoms with E-state index in [4.69, 9.17) is 9.47 Å². The molecule has 1 saturated carbocycles. The summed E-state index contributed by atoms with van der Waals surface area (Å²) in [6, 6.07) is 8.83. The maximum absolute atomic E-state index is 12.8. The zero-order chi connectivity index (χ0) is 20.6. The van der Waals surface area contributed by atoms with Crippen LogP contribution in [0.25, 0.3) is 6.08 Å². The van der Waals surface area contributed by atoms with Crippen molar-refractivity contribution in [2.24, 2.45) is 5.92 Å². The molecule has 2 N–H and O–H groups in total. The van der Waals surface area contributed by atoms with Crippen LogP contribution in [0.1, 0.15) is 18.9 Å². The van der Waals surface area contributed by atoms with E-state index in [2.05, 4.69) is 4.74 Å². The van der Waals surface area contributed by atoms with Gasteiger partial charge in [0.2, 0.25) is 6.29 Å². The van der Waals surface area contributed by atoms with Crippen LogP contribution in [-0.2, 0) is 19.0 Å². The zero-order valence-corrected chi connectivity index (χ0v) is 14.8. The van der Waals surface area contributed by atoms with Crippen molar-refractivity contribution in [3.63, 3.8) is 0 Å². The molecule has 5 atom stereocenters. The van der Waals surface area contributed by atoms with Gasteiger partial charge in [-0.25, -0.2) is 4.79 Å². The van der Waals surface area contributed by atoms with Crippen LogP contribution < -0.4 is 0 Å². The summed E-state index contributed by atoms with van der Waals surface area (Å²) < 4.78 is 52.5. The summed E-state index contributed by atoms with van der Waals surface area (Å²) in [5.41, 5.74) is -3.06. The summed E-state index contributed by atoms with van der Waals surface area (Å²) in [7, 11) is 0. The van der Waals surface area contributed by atoms with E-state index in [1.54, 1.807) is 30.3 Å². The Morgan fingerprint density at radius 3 is 2.64 bits per heavy atom. The molecule has 0 spiro atoms. The second-order valence-electron chi connectivity index (χ2n) is 6.93. The number of fused-ring (bicyclic) bond motifs is 1. The highest BCUT2D eigenvalue weighted by molar-refractivity contribution is 5.87. The topological polar surface area (TPSA) is 85.2 Å². The molecule has 0 amide bonds. The Morgan fingerprint density at radius 2 is 2.00 bits per heavy atom. The lowest BCUT2D eigenvalue weighted by Crippen LogP contribution is -2.56. The van der Waals surface area contributed by atoms with E-state index in [-0.39, 0.29) is 6.42 Å². The minimum atomic E-state index is -5.05. The van der Waals surface area contributed by atoms with Crippen molar-refractivity contribution in [3.8, 4) is 0 Å². The molecule has 9 heteroatoms. The standard InChI is InChI=1S/C19H19F3O6/c1-17(27-14(24)8-7-12-5-3-2-4-6-12)11-13(23)18(25)9-10-26-16(15(17)18)28-19(20,21)22/h2-10,13,15-16,23,25H,11H2,1H3/b8-7+/t13-,15?,16+,17+,18-/m1/s1. The first kappa shape index (κ1) is 20.4. The fourth-order valence-corrected chi connectivity index (χ4v) is 3.72. The van der Waals surface area contributed by atoms with Gasteiger partial charge in [-0.1, -0.05) is 30.3 Å². The highest BCUT2D eigenvalue weighted by atomic mass is 19.4. The number of carbonyl (C=O) groups is 1. The molecule has 0 aromatic heterocycles. The molecule has 3 rings (SSSR count). The maximum atomic E-state index is 12.8. The molecule has 1 aliphatic heterocycles. The fraction of sp³-hybridized carbons (Fsp3) is 0.421. The Balaban J connectivity index is 1.83. The lowest BCUT2D eigenvalue weighted by molar-refractivity contribution is -0.393.